The van der Waals surface area contributed by atoms with Crippen molar-refractivity contribution >= 4 is 10.0 Å². The fourth-order valence-corrected chi connectivity index (χ4v) is 2.67. The molecule has 5 heteroatoms. The second-order valence-corrected chi connectivity index (χ2v) is 5.22. The molecule has 0 aromatic rings. The Balaban J connectivity index is 2.72. The van der Waals surface area contributed by atoms with Crippen molar-refractivity contribution in [1.29, 1.82) is 0 Å². The van der Waals surface area contributed by atoms with E-state index in [1.165, 1.54) is 6.26 Å². The van der Waals surface area contributed by atoms with Crippen LogP contribution in [0.15, 0.2) is 0 Å². The fourth-order valence-electron chi connectivity index (χ4n) is 1.49. The van der Waals surface area contributed by atoms with Crippen LogP contribution in [0.25, 0.3) is 0 Å². The van der Waals surface area contributed by atoms with Crippen LogP contribution < -0.4 is 5.32 Å². The minimum atomic E-state index is -3.01. The third-order valence-electron chi connectivity index (χ3n) is 2.09. The maximum Gasteiger partial charge on any atom is 0.211 e. The van der Waals surface area contributed by atoms with Crippen LogP contribution in [-0.4, -0.2) is 44.7 Å². The lowest BCUT2D eigenvalue weighted by molar-refractivity contribution is 0.356. The van der Waals surface area contributed by atoms with E-state index in [1.54, 1.807) is 4.31 Å². The molecular formula is C7H16N2O2S. The molecule has 1 aliphatic heterocycles. The number of hydrogen-bond donors (Lipinski definition) is 1. The van der Waals surface area contributed by atoms with E-state index < -0.39 is 10.0 Å². The highest BCUT2D eigenvalue weighted by Gasteiger charge is 2.23. The van der Waals surface area contributed by atoms with Gasteiger partial charge in [0.25, 0.3) is 0 Å². The standard InChI is InChI=1S/C7H16N2O2S/c1-7-6-8-4-3-5-9(7)12(2,10)11/h7-8H,3-6H2,1-2H3. The lowest BCUT2D eigenvalue weighted by Crippen LogP contribution is -2.40. The predicted molar refractivity (Wildman–Crippen MR) is 48.5 cm³/mol. The zero-order valence-corrected chi connectivity index (χ0v) is 8.39. The van der Waals surface area contributed by atoms with Crippen molar-refractivity contribution in [2.45, 2.75) is 19.4 Å². The van der Waals surface area contributed by atoms with Gasteiger partial charge >= 0.3 is 0 Å². The summed E-state index contributed by atoms with van der Waals surface area (Å²) >= 11 is 0. The summed E-state index contributed by atoms with van der Waals surface area (Å²) in [6.07, 6.45) is 2.17. The van der Waals surface area contributed by atoms with E-state index in [2.05, 4.69) is 5.32 Å². The minimum absolute atomic E-state index is 0.0856. The largest absolute Gasteiger partial charge is 0.315 e. The molecule has 72 valence electrons. The normalized spacial score (nSPS) is 28.3. The van der Waals surface area contributed by atoms with E-state index in [4.69, 9.17) is 0 Å². The molecular weight excluding hydrogens is 176 g/mol. The molecule has 1 unspecified atom stereocenters. The number of hydrogen-bond acceptors (Lipinski definition) is 3. The van der Waals surface area contributed by atoms with Gasteiger partial charge < -0.3 is 5.32 Å². The van der Waals surface area contributed by atoms with Crippen molar-refractivity contribution in [2.75, 3.05) is 25.9 Å². The van der Waals surface area contributed by atoms with Gasteiger partial charge in [-0.3, -0.25) is 0 Å². The van der Waals surface area contributed by atoms with Crippen molar-refractivity contribution in [3.8, 4) is 0 Å². The molecule has 1 saturated heterocycles. The van der Waals surface area contributed by atoms with E-state index in [0.717, 1.165) is 19.5 Å². The first-order chi connectivity index (χ1) is 5.52. The maximum atomic E-state index is 11.2. The quantitative estimate of drug-likeness (QED) is 0.616. The van der Waals surface area contributed by atoms with Crippen LogP contribution in [0.4, 0.5) is 0 Å². The Hall–Kier alpha value is -0.130. The van der Waals surface area contributed by atoms with Crippen molar-refractivity contribution in [1.82, 2.24) is 9.62 Å². The highest BCUT2D eigenvalue weighted by molar-refractivity contribution is 7.88. The zero-order valence-electron chi connectivity index (χ0n) is 7.58. The Labute approximate surface area is 74.0 Å². The highest BCUT2D eigenvalue weighted by Crippen LogP contribution is 2.07. The summed E-state index contributed by atoms with van der Waals surface area (Å²) in [6, 6.07) is 0.0856. The number of rotatable bonds is 1. The molecule has 0 saturated carbocycles. The molecule has 4 nitrogen and oxygen atoms in total. The monoisotopic (exact) mass is 192 g/mol. The number of nitrogens with one attached hydrogen (secondary N) is 1. The first-order valence-electron chi connectivity index (χ1n) is 4.19. The first-order valence-corrected chi connectivity index (χ1v) is 6.04. The van der Waals surface area contributed by atoms with Gasteiger partial charge in [0, 0.05) is 19.1 Å². The fraction of sp³-hybridized carbons (Fsp3) is 1.00. The Morgan fingerprint density at radius 2 is 2.17 bits per heavy atom. The Bertz CT molecular complexity index is 238. The SMILES string of the molecule is CC1CNCCCN1S(C)(=O)=O. The van der Waals surface area contributed by atoms with Crippen molar-refractivity contribution < 1.29 is 8.42 Å². The summed E-state index contributed by atoms with van der Waals surface area (Å²) in [5, 5.41) is 3.19. The summed E-state index contributed by atoms with van der Waals surface area (Å²) in [4.78, 5) is 0. The maximum absolute atomic E-state index is 11.2. The molecule has 0 aromatic carbocycles. The zero-order chi connectivity index (χ0) is 9.19. The summed E-state index contributed by atoms with van der Waals surface area (Å²) in [5.74, 6) is 0. The predicted octanol–water partition coefficient (Wildman–Crippen LogP) is -0.370. The topological polar surface area (TPSA) is 49.4 Å². The average molecular weight is 192 g/mol. The first kappa shape index (κ1) is 9.95. The van der Waals surface area contributed by atoms with Crippen LogP contribution in [0.3, 0.4) is 0 Å². The lowest BCUT2D eigenvalue weighted by Gasteiger charge is -2.23. The second kappa shape index (κ2) is 3.72. The van der Waals surface area contributed by atoms with Crippen LogP contribution in [0.5, 0.6) is 0 Å². The van der Waals surface area contributed by atoms with Crippen LogP contribution in [0.1, 0.15) is 13.3 Å². The van der Waals surface area contributed by atoms with Crippen molar-refractivity contribution in [2.24, 2.45) is 0 Å². The smallest absolute Gasteiger partial charge is 0.211 e. The van der Waals surface area contributed by atoms with E-state index >= 15 is 0 Å². The van der Waals surface area contributed by atoms with Gasteiger partial charge in [0.1, 0.15) is 0 Å². The molecule has 0 aromatic heterocycles. The second-order valence-electron chi connectivity index (χ2n) is 3.28. The van der Waals surface area contributed by atoms with Gasteiger partial charge in [-0.25, -0.2) is 8.42 Å². The van der Waals surface area contributed by atoms with E-state index in [9.17, 15) is 8.42 Å². The van der Waals surface area contributed by atoms with Gasteiger partial charge in [0.2, 0.25) is 10.0 Å². The lowest BCUT2D eigenvalue weighted by atomic mass is 10.3. The van der Waals surface area contributed by atoms with Gasteiger partial charge in [-0.15, -0.1) is 0 Å². The van der Waals surface area contributed by atoms with Gasteiger partial charge in [0.05, 0.1) is 6.26 Å². The molecule has 12 heavy (non-hydrogen) atoms. The molecule has 1 rings (SSSR count). The van der Waals surface area contributed by atoms with Crippen LogP contribution >= 0.6 is 0 Å². The third-order valence-corrected chi connectivity index (χ3v) is 3.48. The molecule has 1 heterocycles. The summed E-state index contributed by atoms with van der Waals surface area (Å²) in [7, 11) is -3.01. The number of sulfonamides is 1. The van der Waals surface area contributed by atoms with Crippen molar-refractivity contribution in [3.63, 3.8) is 0 Å². The molecule has 0 aliphatic carbocycles. The van der Waals surface area contributed by atoms with Crippen LogP contribution in [0.2, 0.25) is 0 Å². The van der Waals surface area contributed by atoms with Gasteiger partial charge in [0.15, 0.2) is 0 Å². The Morgan fingerprint density at radius 3 is 2.75 bits per heavy atom. The molecule has 1 atom stereocenters. The molecule has 1 N–H and O–H groups in total. The van der Waals surface area contributed by atoms with Gasteiger partial charge in [-0.1, -0.05) is 0 Å². The van der Waals surface area contributed by atoms with E-state index in [-0.39, 0.29) is 6.04 Å². The third kappa shape index (κ3) is 2.43. The van der Waals surface area contributed by atoms with Gasteiger partial charge in [-0.2, -0.15) is 4.31 Å². The molecule has 1 fully saturated rings. The molecule has 0 spiro atoms. The number of nitrogens with zero attached hydrogens (tertiary/aromatic N) is 1. The summed E-state index contributed by atoms with van der Waals surface area (Å²) < 4.78 is 24.1. The van der Waals surface area contributed by atoms with Gasteiger partial charge in [-0.05, 0) is 19.9 Å². The molecule has 0 amide bonds. The minimum Gasteiger partial charge on any atom is -0.315 e. The Kier molecular flexibility index (Phi) is 3.09. The van der Waals surface area contributed by atoms with E-state index in [0.29, 0.717) is 6.54 Å². The average Bonchev–Trinajstić information content (AvgIpc) is 2.11. The van der Waals surface area contributed by atoms with E-state index in [1.807, 2.05) is 6.92 Å². The molecule has 1 aliphatic rings. The molecule has 0 radical (unpaired) electrons. The van der Waals surface area contributed by atoms with Crippen LogP contribution in [-0.2, 0) is 10.0 Å². The van der Waals surface area contributed by atoms with Crippen molar-refractivity contribution in [3.05, 3.63) is 0 Å². The highest BCUT2D eigenvalue weighted by atomic mass is 32.2. The molecule has 0 bridgehead atoms. The summed E-state index contributed by atoms with van der Waals surface area (Å²) in [5.41, 5.74) is 0. The van der Waals surface area contributed by atoms with Crippen LogP contribution in [0, 0.1) is 0 Å². The Morgan fingerprint density at radius 1 is 1.50 bits per heavy atom. The summed E-state index contributed by atoms with van der Waals surface area (Å²) in [6.45, 7) is 4.25.